The van der Waals surface area contributed by atoms with Crippen LogP contribution in [-0.2, 0) is 4.79 Å². The third kappa shape index (κ3) is 5.00. The highest BCUT2D eigenvalue weighted by Gasteiger charge is 2.13. The summed E-state index contributed by atoms with van der Waals surface area (Å²) in [4.78, 5) is 22.3. The van der Waals surface area contributed by atoms with Crippen LogP contribution in [0.5, 0.6) is 11.5 Å². The Morgan fingerprint density at radius 2 is 1.96 bits per heavy atom. The molecule has 0 aromatic heterocycles. The van der Waals surface area contributed by atoms with Crippen molar-refractivity contribution < 1.29 is 28.0 Å². The lowest BCUT2D eigenvalue weighted by Gasteiger charge is -2.09. The number of anilines is 1. The van der Waals surface area contributed by atoms with Gasteiger partial charge < -0.3 is 14.8 Å². The standard InChI is InChI=1S/C17H14F2N2O5/c1-25-15-8-7-12(21(23)24)10-13(15)20-16(22)9-6-11-4-2-3-5-14(11)26-17(18)19/h2-10,17H,1H3,(H,20,22)/b9-6+. The molecule has 1 amide bonds. The number of hydrogen-bond donors (Lipinski definition) is 1. The van der Waals surface area contributed by atoms with Crippen molar-refractivity contribution in [2.75, 3.05) is 12.4 Å². The van der Waals surface area contributed by atoms with Crippen LogP contribution in [-0.4, -0.2) is 24.6 Å². The van der Waals surface area contributed by atoms with Gasteiger partial charge in [0.1, 0.15) is 11.5 Å². The second-order valence-corrected chi connectivity index (χ2v) is 4.88. The van der Waals surface area contributed by atoms with Crippen molar-refractivity contribution in [2.24, 2.45) is 0 Å². The number of amides is 1. The molecule has 0 aliphatic rings. The molecule has 26 heavy (non-hydrogen) atoms. The van der Waals surface area contributed by atoms with Crippen LogP contribution in [0, 0.1) is 10.1 Å². The Kier molecular flexibility index (Phi) is 6.20. The van der Waals surface area contributed by atoms with Gasteiger partial charge in [-0.05, 0) is 18.2 Å². The first-order chi connectivity index (χ1) is 12.4. The van der Waals surface area contributed by atoms with Gasteiger partial charge in [-0.15, -0.1) is 0 Å². The minimum Gasteiger partial charge on any atom is -0.495 e. The van der Waals surface area contributed by atoms with Crippen LogP contribution in [0.4, 0.5) is 20.2 Å². The molecule has 0 unspecified atom stereocenters. The molecule has 0 atom stereocenters. The number of halogens is 2. The molecule has 1 N–H and O–H groups in total. The smallest absolute Gasteiger partial charge is 0.387 e. The molecule has 0 saturated heterocycles. The van der Waals surface area contributed by atoms with Gasteiger partial charge in [0.25, 0.3) is 5.69 Å². The molecule has 0 saturated carbocycles. The monoisotopic (exact) mass is 364 g/mol. The van der Waals surface area contributed by atoms with Gasteiger partial charge >= 0.3 is 6.61 Å². The number of para-hydroxylation sites is 1. The first-order valence-corrected chi connectivity index (χ1v) is 7.26. The summed E-state index contributed by atoms with van der Waals surface area (Å²) in [6.07, 6.45) is 2.38. The van der Waals surface area contributed by atoms with E-state index in [0.29, 0.717) is 0 Å². The van der Waals surface area contributed by atoms with E-state index < -0.39 is 17.4 Å². The number of methoxy groups -OCH3 is 1. The first kappa shape index (κ1) is 18.8. The van der Waals surface area contributed by atoms with Gasteiger partial charge in [0.2, 0.25) is 5.91 Å². The Bertz CT molecular complexity index is 840. The van der Waals surface area contributed by atoms with Crippen molar-refractivity contribution >= 4 is 23.4 Å². The maximum absolute atomic E-state index is 12.4. The normalized spacial score (nSPS) is 10.8. The van der Waals surface area contributed by atoms with E-state index in [1.807, 2.05) is 0 Å². The summed E-state index contributed by atoms with van der Waals surface area (Å²) in [5.74, 6) is -0.478. The van der Waals surface area contributed by atoms with Crippen LogP contribution in [0.3, 0.4) is 0 Å². The van der Waals surface area contributed by atoms with Gasteiger partial charge in [-0.1, -0.05) is 18.2 Å². The molecule has 0 fully saturated rings. The maximum Gasteiger partial charge on any atom is 0.387 e. The topological polar surface area (TPSA) is 90.7 Å². The number of alkyl halides is 2. The van der Waals surface area contributed by atoms with E-state index in [-0.39, 0.29) is 28.4 Å². The summed E-state index contributed by atoms with van der Waals surface area (Å²) in [5.41, 5.74) is 0.156. The number of non-ortho nitro benzene ring substituents is 1. The highest BCUT2D eigenvalue weighted by Crippen LogP contribution is 2.29. The van der Waals surface area contributed by atoms with Crippen molar-refractivity contribution in [3.63, 3.8) is 0 Å². The van der Waals surface area contributed by atoms with Crippen molar-refractivity contribution in [3.05, 3.63) is 64.2 Å². The van der Waals surface area contributed by atoms with Crippen LogP contribution >= 0.6 is 0 Å². The highest BCUT2D eigenvalue weighted by molar-refractivity contribution is 6.03. The predicted molar refractivity (Wildman–Crippen MR) is 90.4 cm³/mol. The molecular weight excluding hydrogens is 350 g/mol. The van der Waals surface area contributed by atoms with Gasteiger partial charge in [-0.25, -0.2) is 0 Å². The molecule has 2 rings (SSSR count). The van der Waals surface area contributed by atoms with Crippen LogP contribution in [0.25, 0.3) is 6.08 Å². The fourth-order valence-electron chi connectivity index (χ4n) is 2.07. The third-order valence-electron chi connectivity index (χ3n) is 3.20. The number of rotatable bonds is 7. The number of ether oxygens (including phenoxy) is 2. The second-order valence-electron chi connectivity index (χ2n) is 4.88. The molecule has 2 aromatic rings. The Balaban J connectivity index is 2.18. The predicted octanol–water partition coefficient (Wildman–Crippen LogP) is 3.86. The average molecular weight is 364 g/mol. The number of hydrogen-bond acceptors (Lipinski definition) is 5. The molecule has 0 spiro atoms. The highest BCUT2D eigenvalue weighted by atomic mass is 19.3. The number of benzene rings is 2. The number of nitrogens with one attached hydrogen (secondary N) is 1. The first-order valence-electron chi connectivity index (χ1n) is 7.26. The number of carbonyl (C=O) groups is 1. The summed E-state index contributed by atoms with van der Waals surface area (Å²) >= 11 is 0. The average Bonchev–Trinajstić information content (AvgIpc) is 2.60. The quantitative estimate of drug-likeness (QED) is 0.458. The van der Waals surface area contributed by atoms with Crippen LogP contribution in [0.15, 0.2) is 48.5 Å². The largest absolute Gasteiger partial charge is 0.495 e. The zero-order valence-corrected chi connectivity index (χ0v) is 13.5. The molecule has 2 aromatic carbocycles. The number of nitro benzene ring substituents is 1. The van der Waals surface area contributed by atoms with Crippen LogP contribution in [0.1, 0.15) is 5.56 Å². The Hall–Kier alpha value is -3.49. The third-order valence-corrected chi connectivity index (χ3v) is 3.20. The van der Waals surface area contributed by atoms with Crippen LogP contribution in [0.2, 0.25) is 0 Å². The minimum absolute atomic E-state index is 0.0838. The van der Waals surface area contributed by atoms with Crippen molar-refractivity contribution in [2.45, 2.75) is 6.61 Å². The molecule has 0 radical (unpaired) electrons. The molecule has 0 heterocycles. The van der Waals surface area contributed by atoms with E-state index in [9.17, 15) is 23.7 Å². The van der Waals surface area contributed by atoms with Gasteiger partial charge in [0, 0.05) is 23.8 Å². The van der Waals surface area contributed by atoms with Crippen molar-refractivity contribution in [3.8, 4) is 11.5 Å². The van der Waals surface area contributed by atoms with Crippen molar-refractivity contribution in [1.82, 2.24) is 0 Å². The molecular formula is C17H14F2N2O5. The SMILES string of the molecule is COc1ccc([N+](=O)[O-])cc1NC(=O)/C=C/c1ccccc1OC(F)F. The van der Waals surface area contributed by atoms with E-state index in [1.165, 1.54) is 43.5 Å². The van der Waals surface area contributed by atoms with E-state index in [1.54, 1.807) is 6.07 Å². The molecule has 7 nitrogen and oxygen atoms in total. The number of carbonyl (C=O) groups excluding carboxylic acids is 1. The fourth-order valence-corrected chi connectivity index (χ4v) is 2.07. The van der Waals surface area contributed by atoms with Gasteiger partial charge in [0.05, 0.1) is 17.7 Å². The Morgan fingerprint density at radius 1 is 1.23 bits per heavy atom. The van der Waals surface area contributed by atoms with Crippen molar-refractivity contribution in [1.29, 1.82) is 0 Å². The van der Waals surface area contributed by atoms with E-state index in [2.05, 4.69) is 10.1 Å². The number of nitro groups is 1. The number of nitrogens with zero attached hydrogens (tertiary/aromatic N) is 1. The lowest BCUT2D eigenvalue weighted by atomic mass is 10.2. The van der Waals surface area contributed by atoms with Gasteiger partial charge in [0.15, 0.2) is 0 Å². The van der Waals surface area contributed by atoms with E-state index >= 15 is 0 Å². The Morgan fingerprint density at radius 3 is 2.62 bits per heavy atom. The fraction of sp³-hybridized carbons (Fsp3) is 0.118. The Labute approximate surface area is 147 Å². The zero-order valence-electron chi connectivity index (χ0n) is 13.5. The van der Waals surface area contributed by atoms with Crippen LogP contribution < -0.4 is 14.8 Å². The molecule has 0 aliphatic heterocycles. The zero-order chi connectivity index (χ0) is 19.1. The molecule has 9 heteroatoms. The maximum atomic E-state index is 12.4. The summed E-state index contributed by atoms with van der Waals surface area (Å²) in [6.45, 7) is -2.99. The summed E-state index contributed by atoms with van der Waals surface area (Å²) in [5, 5.41) is 13.3. The lowest BCUT2D eigenvalue weighted by molar-refractivity contribution is -0.384. The second kappa shape index (κ2) is 8.56. The molecule has 0 bridgehead atoms. The van der Waals surface area contributed by atoms with E-state index in [4.69, 9.17) is 4.74 Å². The van der Waals surface area contributed by atoms with E-state index in [0.717, 1.165) is 12.1 Å². The van der Waals surface area contributed by atoms with Gasteiger partial charge in [-0.2, -0.15) is 8.78 Å². The summed E-state index contributed by atoms with van der Waals surface area (Å²) in [7, 11) is 1.35. The van der Waals surface area contributed by atoms with Gasteiger partial charge in [-0.3, -0.25) is 14.9 Å². The lowest BCUT2D eigenvalue weighted by Crippen LogP contribution is -2.09. The summed E-state index contributed by atoms with van der Waals surface area (Å²) < 4.78 is 34.2. The molecule has 136 valence electrons. The summed E-state index contributed by atoms with van der Waals surface area (Å²) in [6, 6.07) is 9.69. The molecule has 0 aliphatic carbocycles. The minimum atomic E-state index is -2.99.